The summed E-state index contributed by atoms with van der Waals surface area (Å²) in [5.41, 5.74) is 2.25. The maximum absolute atomic E-state index is 10.9. The summed E-state index contributed by atoms with van der Waals surface area (Å²) in [7, 11) is 1.57. The van der Waals surface area contributed by atoms with Crippen LogP contribution in [0, 0.1) is 0 Å². The molecule has 0 unspecified atom stereocenters. The van der Waals surface area contributed by atoms with E-state index in [0.29, 0.717) is 23.7 Å². The van der Waals surface area contributed by atoms with Gasteiger partial charge in [0.05, 0.1) is 23.1 Å². The van der Waals surface area contributed by atoms with Crippen molar-refractivity contribution < 1.29 is 14.3 Å². The van der Waals surface area contributed by atoms with Crippen LogP contribution in [-0.4, -0.2) is 18.4 Å². The van der Waals surface area contributed by atoms with E-state index in [0.717, 1.165) is 11.2 Å². The Kier molecular flexibility index (Phi) is 3.72. The van der Waals surface area contributed by atoms with Crippen LogP contribution in [0.1, 0.15) is 15.2 Å². The molecule has 1 heterocycles. The predicted octanol–water partition coefficient (Wildman–Crippen LogP) is 2.54. The first-order chi connectivity index (χ1) is 8.33. The zero-order valence-electron chi connectivity index (χ0n) is 9.25. The number of nitrogens with zero attached hydrogens (tertiary/aromatic N) is 1. The molecule has 5 heteroatoms. The third kappa shape index (κ3) is 2.82. The van der Waals surface area contributed by atoms with Crippen molar-refractivity contribution in [2.24, 2.45) is 0 Å². The average Bonchev–Trinajstić information content (AvgIpc) is 2.89. The van der Waals surface area contributed by atoms with E-state index in [1.165, 1.54) is 11.3 Å². The van der Waals surface area contributed by atoms with Gasteiger partial charge in [-0.05, 0) is 12.1 Å². The number of carbonyl (C=O) groups is 1. The molecule has 0 saturated carbocycles. The van der Waals surface area contributed by atoms with Crippen molar-refractivity contribution in [1.29, 1.82) is 0 Å². The maximum Gasteiger partial charge on any atom is 0.153 e. The number of benzene rings is 1. The van der Waals surface area contributed by atoms with E-state index in [1.807, 2.05) is 0 Å². The Hall–Kier alpha value is -1.88. The fourth-order valence-corrected chi connectivity index (χ4v) is 1.83. The molecule has 0 aliphatic carbocycles. The molecule has 2 rings (SSSR count). The number of hydrogen-bond donors (Lipinski definition) is 0. The number of thiazole rings is 1. The second kappa shape index (κ2) is 5.45. The summed E-state index contributed by atoms with van der Waals surface area (Å²) < 4.78 is 10.7. The monoisotopic (exact) mass is 249 g/mol. The zero-order chi connectivity index (χ0) is 12.1. The van der Waals surface area contributed by atoms with Gasteiger partial charge in [-0.1, -0.05) is 0 Å². The second-order valence-corrected chi connectivity index (χ2v) is 4.25. The topological polar surface area (TPSA) is 48.4 Å². The first kappa shape index (κ1) is 11.6. The van der Waals surface area contributed by atoms with Crippen LogP contribution >= 0.6 is 11.3 Å². The molecule has 2 aromatic rings. The van der Waals surface area contributed by atoms with Crippen LogP contribution < -0.4 is 9.47 Å². The van der Waals surface area contributed by atoms with E-state index in [2.05, 4.69) is 4.98 Å². The van der Waals surface area contributed by atoms with Crippen molar-refractivity contribution in [2.45, 2.75) is 6.61 Å². The molecule has 0 aliphatic rings. The molecule has 0 amide bonds. The Morgan fingerprint density at radius 3 is 3.00 bits per heavy atom. The highest BCUT2D eigenvalue weighted by molar-refractivity contribution is 7.09. The highest BCUT2D eigenvalue weighted by Gasteiger charge is 2.06. The lowest BCUT2D eigenvalue weighted by Gasteiger charge is -2.08. The van der Waals surface area contributed by atoms with E-state index < -0.39 is 0 Å². The first-order valence-corrected chi connectivity index (χ1v) is 5.85. The van der Waals surface area contributed by atoms with Crippen molar-refractivity contribution in [1.82, 2.24) is 4.98 Å². The van der Waals surface area contributed by atoms with Crippen LogP contribution in [0.25, 0.3) is 0 Å². The van der Waals surface area contributed by atoms with Gasteiger partial charge in [0, 0.05) is 12.3 Å². The minimum Gasteiger partial charge on any atom is -0.497 e. The lowest BCUT2D eigenvalue weighted by Crippen LogP contribution is -1.97. The molecule has 0 fully saturated rings. The lowest BCUT2D eigenvalue weighted by molar-refractivity contribution is 0.111. The average molecular weight is 249 g/mol. The number of rotatable bonds is 5. The van der Waals surface area contributed by atoms with Crippen molar-refractivity contribution in [3.8, 4) is 11.5 Å². The van der Waals surface area contributed by atoms with Gasteiger partial charge in [0.1, 0.15) is 18.1 Å². The largest absolute Gasteiger partial charge is 0.497 e. The number of methoxy groups -OCH3 is 1. The minimum absolute atomic E-state index is 0.401. The number of aromatic nitrogens is 1. The van der Waals surface area contributed by atoms with Crippen molar-refractivity contribution >= 4 is 17.6 Å². The maximum atomic E-state index is 10.9. The third-order valence-corrected chi connectivity index (χ3v) is 2.95. The summed E-state index contributed by atoms with van der Waals surface area (Å²) in [6.45, 7) is 0.401. The summed E-state index contributed by atoms with van der Waals surface area (Å²) in [5.74, 6) is 1.18. The number of aldehydes is 1. The molecule has 0 N–H and O–H groups in total. The van der Waals surface area contributed by atoms with E-state index in [4.69, 9.17) is 9.47 Å². The lowest BCUT2D eigenvalue weighted by atomic mass is 10.2. The SMILES string of the molecule is COc1ccc(C=O)c(OCc2cncs2)c1. The number of hydrogen-bond acceptors (Lipinski definition) is 5. The highest BCUT2D eigenvalue weighted by atomic mass is 32.1. The van der Waals surface area contributed by atoms with Crippen LogP contribution in [0.5, 0.6) is 11.5 Å². The number of carbonyl (C=O) groups excluding carboxylic acids is 1. The van der Waals surface area contributed by atoms with Gasteiger partial charge in [-0.25, -0.2) is 0 Å². The molecule has 0 aliphatic heterocycles. The Labute approximate surface area is 103 Å². The van der Waals surface area contributed by atoms with Crippen molar-refractivity contribution in [3.05, 3.63) is 40.3 Å². The highest BCUT2D eigenvalue weighted by Crippen LogP contribution is 2.24. The molecule has 1 aromatic heterocycles. The van der Waals surface area contributed by atoms with Crippen LogP contribution in [0.15, 0.2) is 29.9 Å². The summed E-state index contributed by atoms with van der Waals surface area (Å²) in [5, 5.41) is 0. The molecule has 17 heavy (non-hydrogen) atoms. The van der Waals surface area contributed by atoms with Gasteiger partial charge >= 0.3 is 0 Å². The molecule has 0 spiro atoms. The predicted molar refractivity (Wildman–Crippen MR) is 64.8 cm³/mol. The molecule has 0 atom stereocenters. The normalized spacial score (nSPS) is 9.94. The van der Waals surface area contributed by atoms with Gasteiger partial charge < -0.3 is 9.47 Å². The van der Waals surface area contributed by atoms with E-state index in [9.17, 15) is 4.79 Å². The molecular formula is C12H11NO3S. The molecule has 4 nitrogen and oxygen atoms in total. The Bertz CT molecular complexity index is 496. The summed E-state index contributed by atoms with van der Waals surface area (Å²) in [6.07, 6.45) is 2.51. The molecule has 0 saturated heterocycles. The summed E-state index contributed by atoms with van der Waals surface area (Å²) >= 11 is 1.51. The third-order valence-electron chi connectivity index (χ3n) is 2.20. The van der Waals surface area contributed by atoms with Gasteiger partial charge in [-0.2, -0.15) is 0 Å². The van der Waals surface area contributed by atoms with Gasteiger partial charge in [-0.3, -0.25) is 9.78 Å². The van der Waals surface area contributed by atoms with Crippen LogP contribution in [0.2, 0.25) is 0 Å². The van der Waals surface area contributed by atoms with E-state index in [-0.39, 0.29) is 0 Å². The van der Waals surface area contributed by atoms with E-state index >= 15 is 0 Å². The fourth-order valence-electron chi connectivity index (χ4n) is 1.33. The number of ether oxygens (including phenoxy) is 2. The fraction of sp³-hybridized carbons (Fsp3) is 0.167. The first-order valence-electron chi connectivity index (χ1n) is 4.97. The van der Waals surface area contributed by atoms with Gasteiger partial charge in [0.2, 0.25) is 0 Å². The summed E-state index contributed by atoms with van der Waals surface area (Å²) in [4.78, 5) is 15.8. The van der Waals surface area contributed by atoms with Gasteiger partial charge in [-0.15, -0.1) is 11.3 Å². The van der Waals surface area contributed by atoms with E-state index in [1.54, 1.807) is 37.0 Å². The summed E-state index contributed by atoms with van der Waals surface area (Å²) in [6, 6.07) is 5.10. The Morgan fingerprint density at radius 2 is 2.35 bits per heavy atom. The molecular weight excluding hydrogens is 238 g/mol. The second-order valence-electron chi connectivity index (χ2n) is 3.28. The van der Waals surface area contributed by atoms with Crippen LogP contribution in [0.3, 0.4) is 0 Å². The zero-order valence-corrected chi connectivity index (χ0v) is 10.1. The van der Waals surface area contributed by atoms with Gasteiger partial charge in [0.25, 0.3) is 0 Å². The Balaban J connectivity index is 2.15. The quantitative estimate of drug-likeness (QED) is 0.764. The van der Waals surface area contributed by atoms with Crippen LogP contribution in [-0.2, 0) is 6.61 Å². The molecule has 88 valence electrons. The molecule has 1 aromatic carbocycles. The molecule has 0 radical (unpaired) electrons. The van der Waals surface area contributed by atoms with Crippen molar-refractivity contribution in [3.63, 3.8) is 0 Å². The van der Waals surface area contributed by atoms with Crippen LogP contribution in [0.4, 0.5) is 0 Å². The standard InChI is InChI=1S/C12H11NO3S/c1-15-10-3-2-9(6-14)12(4-10)16-7-11-5-13-8-17-11/h2-6,8H,7H2,1H3. The van der Waals surface area contributed by atoms with Crippen molar-refractivity contribution in [2.75, 3.05) is 7.11 Å². The van der Waals surface area contributed by atoms with Gasteiger partial charge in [0.15, 0.2) is 6.29 Å². The Morgan fingerprint density at radius 1 is 1.47 bits per heavy atom. The smallest absolute Gasteiger partial charge is 0.153 e. The molecule has 0 bridgehead atoms. The minimum atomic E-state index is 0.401.